The number of carbonyl (C=O) groups excluding carboxylic acids is 2. The third kappa shape index (κ3) is 3.57. The molecule has 0 saturated carbocycles. The second-order valence-corrected chi connectivity index (χ2v) is 6.04. The molecule has 2 amide bonds. The van der Waals surface area contributed by atoms with Crippen LogP contribution in [0.4, 0.5) is 0 Å². The molecule has 2 rings (SSSR count). The van der Waals surface area contributed by atoms with Crippen molar-refractivity contribution in [1.82, 2.24) is 9.80 Å². The summed E-state index contributed by atoms with van der Waals surface area (Å²) in [5.41, 5.74) is 5.56. The van der Waals surface area contributed by atoms with Gasteiger partial charge in [0.1, 0.15) is 5.75 Å². The van der Waals surface area contributed by atoms with Gasteiger partial charge < -0.3 is 20.3 Å². The Kier molecular flexibility index (Phi) is 4.71. The molecule has 6 nitrogen and oxygen atoms in total. The summed E-state index contributed by atoms with van der Waals surface area (Å²) in [6, 6.07) is 7.09. The molecule has 0 radical (unpaired) electrons. The van der Waals surface area contributed by atoms with Crippen molar-refractivity contribution in [3.8, 4) is 5.75 Å². The lowest BCUT2D eigenvalue weighted by Gasteiger charge is -2.37. The van der Waals surface area contributed by atoms with E-state index in [1.807, 2.05) is 0 Å². The molecule has 1 saturated heterocycles. The summed E-state index contributed by atoms with van der Waals surface area (Å²) in [5.74, 6) is 0.531. The van der Waals surface area contributed by atoms with Crippen molar-refractivity contribution in [1.29, 1.82) is 0 Å². The summed E-state index contributed by atoms with van der Waals surface area (Å²) in [6.07, 6.45) is 0. The molecule has 1 heterocycles. The minimum absolute atomic E-state index is 0.0435. The van der Waals surface area contributed by atoms with Gasteiger partial charge in [-0.3, -0.25) is 9.59 Å². The number of hydrogen-bond donors (Lipinski definition) is 1. The number of methoxy groups -OCH3 is 1. The summed E-state index contributed by atoms with van der Waals surface area (Å²) in [4.78, 5) is 28.1. The maximum Gasteiger partial charge on any atom is 0.254 e. The highest BCUT2D eigenvalue weighted by atomic mass is 16.5. The first kappa shape index (κ1) is 16.3. The standard InChI is InChI=1S/C16H23N3O3/c1-16(2,17)15(21)19-9-7-18(8-10-19)14(20)12-5-4-6-13(11-12)22-3/h4-6,11H,7-10,17H2,1-3H3. The zero-order valence-electron chi connectivity index (χ0n) is 13.3. The maximum atomic E-state index is 12.5. The SMILES string of the molecule is COc1cccc(C(=O)N2CCN(C(=O)C(C)(C)N)CC2)c1. The van der Waals surface area contributed by atoms with E-state index in [4.69, 9.17) is 10.5 Å². The fourth-order valence-corrected chi connectivity index (χ4v) is 2.46. The molecule has 6 heteroatoms. The molecule has 120 valence electrons. The number of nitrogens with zero attached hydrogens (tertiary/aromatic N) is 2. The summed E-state index contributed by atoms with van der Waals surface area (Å²) in [6.45, 7) is 5.44. The lowest BCUT2D eigenvalue weighted by Crippen LogP contribution is -2.57. The van der Waals surface area contributed by atoms with E-state index in [9.17, 15) is 9.59 Å². The van der Waals surface area contributed by atoms with Crippen LogP contribution in [-0.2, 0) is 4.79 Å². The van der Waals surface area contributed by atoms with Crippen LogP contribution < -0.4 is 10.5 Å². The van der Waals surface area contributed by atoms with E-state index >= 15 is 0 Å². The van der Waals surface area contributed by atoms with Crippen LogP contribution in [0.2, 0.25) is 0 Å². The van der Waals surface area contributed by atoms with Gasteiger partial charge in [0.05, 0.1) is 12.6 Å². The Morgan fingerprint density at radius 2 is 1.73 bits per heavy atom. The lowest BCUT2D eigenvalue weighted by molar-refractivity contribution is -0.137. The minimum Gasteiger partial charge on any atom is -0.497 e. The van der Waals surface area contributed by atoms with E-state index in [0.29, 0.717) is 37.5 Å². The largest absolute Gasteiger partial charge is 0.497 e. The average molecular weight is 305 g/mol. The van der Waals surface area contributed by atoms with Gasteiger partial charge in [-0.05, 0) is 32.0 Å². The molecule has 0 unspecified atom stereocenters. The molecule has 0 atom stereocenters. The number of hydrogen-bond acceptors (Lipinski definition) is 4. The Morgan fingerprint density at radius 3 is 2.27 bits per heavy atom. The van der Waals surface area contributed by atoms with Crippen LogP contribution in [0.25, 0.3) is 0 Å². The van der Waals surface area contributed by atoms with Gasteiger partial charge in [-0.25, -0.2) is 0 Å². The number of piperazine rings is 1. The van der Waals surface area contributed by atoms with Crippen LogP contribution in [0.5, 0.6) is 5.75 Å². The van der Waals surface area contributed by atoms with Gasteiger partial charge in [0.25, 0.3) is 5.91 Å². The highest BCUT2D eigenvalue weighted by molar-refractivity contribution is 5.95. The van der Waals surface area contributed by atoms with Crippen molar-refractivity contribution in [3.63, 3.8) is 0 Å². The summed E-state index contributed by atoms with van der Waals surface area (Å²) in [7, 11) is 1.57. The number of nitrogens with two attached hydrogens (primary N) is 1. The van der Waals surface area contributed by atoms with E-state index in [1.54, 1.807) is 55.0 Å². The molecule has 1 aliphatic heterocycles. The van der Waals surface area contributed by atoms with Gasteiger partial charge in [-0.1, -0.05) is 6.07 Å². The van der Waals surface area contributed by atoms with E-state index in [1.165, 1.54) is 0 Å². The first-order valence-corrected chi connectivity index (χ1v) is 7.34. The first-order valence-electron chi connectivity index (χ1n) is 7.34. The number of carbonyl (C=O) groups is 2. The van der Waals surface area contributed by atoms with Crippen LogP contribution >= 0.6 is 0 Å². The van der Waals surface area contributed by atoms with Gasteiger partial charge >= 0.3 is 0 Å². The Balaban J connectivity index is 1.99. The van der Waals surface area contributed by atoms with E-state index in [2.05, 4.69) is 0 Å². The molecule has 1 aliphatic rings. The van der Waals surface area contributed by atoms with Gasteiger partial charge in [0.2, 0.25) is 5.91 Å². The predicted octanol–water partition coefficient (Wildman–Crippen LogP) is 0.717. The Bertz CT molecular complexity index is 558. The first-order chi connectivity index (χ1) is 10.3. The van der Waals surface area contributed by atoms with Gasteiger partial charge in [0, 0.05) is 31.7 Å². The normalized spacial score (nSPS) is 15.6. The maximum absolute atomic E-state index is 12.5. The molecule has 0 spiro atoms. The number of benzene rings is 1. The van der Waals surface area contributed by atoms with Crippen molar-refractivity contribution in [2.75, 3.05) is 33.3 Å². The molecule has 2 N–H and O–H groups in total. The molecule has 0 aliphatic carbocycles. The minimum atomic E-state index is -0.876. The summed E-state index contributed by atoms with van der Waals surface area (Å²) >= 11 is 0. The van der Waals surface area contributed by atoms with E-state index in [-0.39, 0.29) is 11.8 Å². The van der Waals surface area contributed by atoms with Gasteiger partial charge in [-0.15, -0.1) is 0 Å². The summed E-state index contributed by atoms with van der Waals surface area (Å²) < 4.78 is 5.14. The highest BCUT2D eigenvalue weighted by Crippen LogP contribution is 2.16. The van der Waals surface area contributed by atoms with Crippen LogP contribution in [0.15, 0.2) is 24.3 Å². The number of rotatable bonds is 3. The molecule has 0 aromatic heterocycles. The third-order valence-electron chi connectivity index (χ3n) is 3.72. The second-order valence-electron chi connectivity index (χ2n) is 6.04. The van der Waals surface area contributed by atoms with Crippen LogP contribution in [-0.4, -0.2) is 60.4 Å². The molecule has 0 bridgehead atoms. The summed E-state index contributed by atoms with van der Waals surface area (Å²) in [5, 5.41) is 0. The lowest BCUT2D eigenvalue weighted by atomic mass is 10.0. The molecule has 1 fully saturated rings. The zero-order valence-corrected chi connectivity index (χ0v) is 13.3. The number of ether oxygens (including phenoxy) is 1. The van der Waals surface area contributed by atoms with Crippen molar-refractivity contribution >= 4 is 11.8 Å². The fraction of sp³-hybridized carbons (Fsp3) is 0.500. The van der Waals surface area contributed by atoms with Crippen LogP contribution in [0.1, 0.15) is 24.2 Å². The van der Waals surface area contributed by atoms with Crippen LogP contribution in [0.3, 0.4) is 0 Å². The van der Waals surface area contributed by atoms with Crippen molar-refractivity contribution in [3.05, 3.63) is 29.8 Å². The topological polar surface area (TPSA) is 75.9 Å². The second kappa shape index (κ2) is 6.36. The molecule has 22 heavy (non-hydrogen) atoms. The Labute approximate surface area is 130 Å². The monoisotopic (exact) mass is 305 g/mol. The Morgan fingerprint density at radius 1 is 1.14 bits per heavy atom. The number of amides is 2. The molecule has 1 aromatic carbocycles. The van der Waals surface area contributed by atoms with Crippen LogP contribution in [0, 0.1) is 0 Å². The van der Waals surface area contributed by atoms with E-state index in [0.717, 1.165) is 0 Å². The van der Waals surface area contributed by atoms with Gasteiger partial charge in [-0.2, -0.15) is 0 Å². The zero-order chi connectivity index (χ0) is 16.3. The van der Waals surface area contributed by atoms with Gasteiger partial charge in [0.15, 0.2) is 0 Å². The third-order valence-corrected chi connectivity index (χ3v) is 3.72. The Hall–Kier alpha value is -2.08. The van der Waals surface area contributed by atoms with E-state index < -0.39 is 5.54 Å². The quantitative estimate of drug-likeness (QED) is 0.892. The molecule has 1 aromatic rings. The fourth-order valence-electron chi connectivity index (χ4n) is 2.46. The van der Waals surface area contributed by atoms with Crippen molar-refractivity contribution < 1.29 is 14.3 Å². The molecular weight excluding hydrogens is 282 g/mol. The highest BCUT2D eigenvalue weighted by Gasteiger charge is 2.31. The molecular formula is C16H23N3O3. The predicted molar refractivity (Wildman–Crippen MR) is 83.7 cm³/mol. The smallest absolute Gasteiger partial charge is 0.254 e. The average Bonchev–Trinajstić information content (AvgIpc) is 2.53. The van der Waals surface area contributed by atoms with Crippen molar-refractivity contribution in [2.45, 2.75) is 19.4 Å². The van der Waals surface area contributed by atoms with Crippen molar-refractivity contribution in [2.24, 2.45) is 5.73 Å².